The number of nitrogens with one attached hydrogen (secondary N) is 1. The van der Waals surface area contributed by atoms with Crippen molar-refractivity contribution in [2.75, 3.05) is 25.5 Å². The summed E-state index contributed by atoms with van der Waals surface area (Å²) in [6.45, 7) is 3.12. The van der Waals surface area contributed by atoms with E-state index >= 15 is 0 Å². The zero-order valence-electron chi connectivity index (χ0n) is 16.1. The van der Waals surface area contributed by atoms with Crippen molar-refractivity contribution >= 4 is 29.1 Å². The molecule has 2 rings (SSSR count). The summed E-state index contributed by atoms with van der Waals surface area (Å²) >= 11 is 5.55. The van der Waals surface area contributed by atoms with Crippen molar-refractivity contribution < 1.29 is 27.5 Å². The van der Waals surface area contributed by atoms with E-state index in [-0.39, 0.29) is 18.8 Å². The lowest BCUT2D eigenvalue weighted by atomic mass is 10.1. The zero-order valence-corrected chi connectivity index (χ0v) is 16.8. The molecule has 2 aromatic carbocycles. The van der Waals surface area contributed by atoms with Crippen LogP contribution in [-0.4, -0.2) is 36.9 Å². The van der Waals surface area contributed by atoms with Gasteiger partial charge in [-0.1, -0.05) is 23.7 Å². The average Bonchev–Trinajstić information content (AvgIpc) is 2.62. The quantitative estimate of drug-likeness (QED) is 0.739. The fourth-order valence-corrected chi connectivity index (χ4v) is 2.66. The number of rotatable bonds is 6. The summed E-state index contributed by atoms with van der Waals surface area (Å²) in [6, 6.07) is 8.63. The molecular formula is C20H20ClF3N2O3. The molecule has 0 aliphatic heterocycles. The summed E-state index contributed by atoms with van der Waals surface area (Å²) in [5, 5.41) is 1.86. The van der Waals surface area contributed by atoms with Crippen LogP contribution in [0.3, 0.4) is 0 Å². The number of carbonyl (C=O) groups excluding carboxylic acids is 2. The first-order valence-electron chi connectivity index (χ1n) is 8.58. The number of anilines is 1. The van der Waals surface area contributed by atoms with Crippen molar-refractivity contribution in [2.45, 2.75) is 20.0 Å². The maximum atomic E-state index is 12.9. The van der Waals surface area contributed by atoms with Crippen molar-refractivity contribution in [3.8, 4) is 5.75 Å². The van der Waals surface area contributed by atoms with E-state index in [0.29, 0.717) is 5.75 Å². The van der Waals surface area contributed by atoms with Crippen LogP contribution in [0.25, 0.3) is 0 Å². The van der Waals surface area contributed by atoms with Gasteiger partial charge in [-0.3, -0.25) is 9.59 Å². The van der Waals surface area contributed by atoms with Gasteiger partial charge in [-0.15, -0.1) is 0 Å². The second-order valence-electron chi connectivity index (χ2n) is 6.55. The minimum absolute atomic E-state index is 0.0702. The molecule has 2 amide bonds. The molecule has 5 nitrogen and oxygen atoms in total. The van der Waals surface area contributed by atoms with Crippen LogP contribution in [0, 0.1) is 13.8 Å². The monoisotopic (exact) mass is 428 g/mol. The molecule has 0 saturated carbocycles. The van der Waals surface area contributed by atoms with Crippen molar-refractivity contribution in [2.24, 2.45) is 0 Å². The lowest BCUT2D eigenvalue weighted by Crippen LogP contribution is -2.37. The molecule has 0 aliphatic rings. The Hall–Kier alpha value is -2.74. The Kier molecular flexibility index (Phi) is 7.13. The number of hydrogen-bond donors (Lipinski definition) is 1. The number of hydrogen-bond acceptors (Lipinski definition) is 3. The highest BCUT2D eigenvalue weighted by molar-refractivity contribution is 6.31. The molecule has 9 heteroatoms. The molecular weight excluding hydrogens is 409 g/mol. The smallest absolute Gasteiger partial charge is 0.417 e. The zero-order chi connectivity index (χ0) is 21.8. The van der Waals surface area contributed by atoms with Crippen molar-refractivity contribution in [1.29, 1.82) is 0 Å². The fraction of sp³-hybridized carbons (Fsp3) is 0.300. The Labute approximate surface area is 171 Å². The second-order valence-corrected chi connectivity index (χ2v) is 6.96. The number of aryl methyl sites for hydroxylation is 2. The molecule has 0 aliphatic carbocycles. The average molecular weight is 429 g/mol. The van der Waals surface area contributed by atoms with Gasteiger partial charge in [0.15, 0.2) is 6.61 Å². The first-order chi connectivity index (χ1) is 13.5. The van der Waals surface area contributed by atoms with E-state index in [1.54, 1.807) is 6.07 Å². The Morgan fingerprint density at radius 2 is 1.83 bits per heavy atom. The van der Waals surface area contributed by atoms with Gasteiger partial charge >= 0.3 is 6.18 Å². The van der Waals surface area contributed by atoms with E-state index in [9.17, 15) is 22.8 Å². The van der Waals surface area contributed by atoms with Gasteiger partial charge in [-0.25, -0.2) is 0 Å². The maximum Gasteiger partial charge on any atom is 0.417 e. The minimum atomic E-state index is -4.64. The molecule has 0 aromatic heterocycles. The summed E-state index contributed by atoms with van der Waals surface area (Å²) in [5.74, 6) is -0.534. The Balaban J connectivity index is 1.93. The number of amides is 2. The number of ether oxygens (including phenoxy) is 1. The van der Waals surface area contributed by atoms with E-state index in [2.05, 4.69) is 5.32 Å². The molecule has 0 fully saturated rings. The SMILES string of the molecule is Cc1ccc(C)c(OCC(=O)N(C)CC(=O)Nc2ccc(Cl)c(C(F)(F)F)c2)c1. The van der Waals surface area contributed by atoms with Crippen LogP contribution in [0.15, 0.2) is 36.4 Å². The van der Waals surface area contributed by atoms with Crippen molar-refractivity contribution in [3.63, 3.8) is 0 Å². The third-order valence-electron chi connectivity index (χ3n) is 4.06. The van der Waals surface area contributed by atoms with Gasteiger partial charge < -0.3 is 15.0 Å². The molecule has 0 heterocycles. The van der Waals surface area contributed by atoms with Crippen LogP contribution < -0.4 is 10.1 Å². The molecule has 0 spiro atoms. The van der Waals surface area contributed by atoms with Crippen LogP contribution in [0.4, 0.5) is 18.9 Å². The normalized spacial score (nSPS) is 11.1. The van der Waals surface area contributed by atoms with E-state index in [1.807, 2.05) is 26.0 Å². The number of halogens is 4. The van der Waals surface area contributed by atoms with E-state index in [1.165, 1.54) is 13.1 Å². The third kappa shape index (κ3) is 6.39. The van der Waals surface area contributed by atoms with Gasteiger partial charge in [0.25, 0.3) is 5.91 Å². The molecule has 156 valence electrons. The van der Waals surface area contributed by atoms with Crippen LogP contribution >= 0.6 is 11.6 Å². The second kappa shape index (κ2) is 9.17. The molecule has 0 radical (unpaired) electrons. The van der Waals surface area contributed by atoms with Crippen LogP contribution in [0.5, 0.6) is 5.75 Å². The van der Waals surface area contributed by atoms with E-state index in [4.69, 9.17) is 16.3 Å². The number of carbonyl (C=O) groups is 2. The number of likely N-dealkylation sites (N-methyl/N-ethyl adjacent to an activating group) is 1. The Morgan fingerprint density at radius 1 is 1.14 bits per heavy atom. The molecule has 0 saturated heterocycles. The highest BCUT2D eigenvalue weighted by atomic mass is 35.5. The van der Waals surface area contributed by atoms with Gasteiger partial charge in [-0.2, -0.15) is 13.2 Å². The van der Waals surface area contributed by atoms with Gasteiger partial charge in [-0.05, 0) is 49.2 Å². The van der Waals surface area contributed by atoms with Crippen LogP contribution in [0.1, 0.15) is 16.7 Å². The molecule has 0 unspecified atom stereocenters. The van der Waals surface area contributed by atoms with Gasteiger partial charge in [0.1, 0.15) is 5.75 Å². The lowest BCUT2D eigenvalue weighted by Gasteiger charge is -2.18. The maximum absolute atomic E-state index is 12.9. The predicted molar refractivity (Wildman–Crippen MR) is 104 cm³/mol. The summed E-state index contributed by atoms with van der Waals surface area (Å²) in [4.78, 5) is 25.4. The van der Waals surface area contributed by atoms with Crippen molar-refractivity contribution in [1.82, 2.24) is 4.90 Å². The van der Waals surface area contributed by atoms with Crippen molar-refractivity contribution in [3.05, 3.63) is 58.1 Å². The standard InChI is InChI=1S/C20H20ClF3N2O3/c1-12-4-5-13(2)17(8-12)29-11-19(28)26(3)10-18(27)25-14-6-7-16(21)15(9-14)20(22,23)24/h4-9H,10-11H2,1-3H3,(H,25,27). The van der Waals surface area contributed by atoms with Gasteiger partial charge in [0.2, 0.25) is 5.91 Å². The summed E-state index contributed by atoms with van der Waals surface area (Å²) in [7, 11) is 1.40. The van der Waals surface area contributed by atoms with Crippen LogP contribution in [-0.2, 0) is 15.8 Å². The molecule has 2 aromatic rings. The highest BCUT2D eigenvalue weighted by Gasteiger charge is 2.33. The van der Waals surface area contributed by atoms with E-state index < -0.39 is 28.6 Å². The Bertz CT molecular complexity index is 916. The topological polar surface area (TPSA) is 58.6 Å². The van der Waals surface area contributed by atoms with Gasteiger partial charge in [0.05, 0.1) is 17.1 Å². The summed E-state index contributed by atoms with van der Waals surface area (Å²) < 4.78 is 44.2. The molecule has 0 bridgehead atoms. The number of nitrogens with zero attached hydrogens (tertiary/aromatic N) is 1. The predicted octanol–water partition coefficient (Wildman–Crippen LogP) is 4.45. The fourth-order valence-electron chi connectivity index (χ4n) is 2.44. The first-order valence-corrected chi connectivity index (χ1v) is 8.96. The lowest BCUT2D eigenvalue weighted by molar-refractivity contribution is -0.137. The molecule has 0 atom stereocenters. The number of benzene rings is 2. The minimum Gasteiger partial charge on any atom is -0.483 e. The van der Waals surface area contributed by atoms with E-state index in [0.717, 1.165) is 28.2 Å². The number of alkyl halides is 3. The first kappa shape index (κ1) is 22.5. The Morgan fingerprint density at radius 3 is 2.48 bits per heavy atom. The molecule has 1 N–H and O–H groups in total. The largest absolute Gasteiger partial charge is 0.483 e. The van der Waals surface area contributed by atoms with Crippen LogP contribution in [0.2, 0.25) is 5.02 Å². The third-order valence-corrected chi connectivity index (χ3v) is 4.39. The van der Waals surface area contributed by atoms with Gasteiger partial charge in [0, 0.05) is 12.7 Å². The summed E-state index contributed by atoms with van der Waals surface area (Å²) in [6.07, 6.45) is -4.64. The highest BCUT2D eigenvalue weighted by Crippen LogP contribution is 2.36. The summed E-state index contributed by atoms with van der Waals surface area (Å²) in [5.41, 5.74) is 0.724. The molecule has 29 heavy (non-hydrogen) atoms.